The third-order valence-electron chi connectivity index (χ3n) is 3.94. The Morgan fingerprint density at radius 1 is 1.36 bits per heavy atom. The van der Waals surface area contributed by atoms with Crippen LogP contribution in [0.1, 0.15) is 24.8 Å². The minimum Gasteiger partial charge on any atom is -0.497 e. The Bertz CT molecular complexity index is 542. The lowest BCUT2D eigenvalue weighted by molar-refractivity contribution is -0.216. The van der Waals surface area contributed by atoms with Gasteiger partial charge in [0.05, 0.1) is 33.0 Å². The Morgan fingerprint density at radius 2 is 2.16 bits per heavy atom. The van der Waals surface area contributed by atoms with Crippen molar-refractivity contribution in [3.05, 3.63) is 40.3 Å². The summed E-state index contributed by atoms with van der Waals surface area (Å²) >= 11 is 0. The minimum absolute atomic E-state index is 0.0697. The van der Waals surface area contributed by atoms with Gasteiger partial charge in [-0.15, -0.1) is 0 Å². The van der Waals surface area contributed by atoms with Crippen LogP contribution >= 0.6 is 0 Å². The fraction of sp³-hybridized carbons (Fsp3) is 0.647. The van der Waals surface area contributed by atoms with Crippen molar-refractivity contribution in [2.24, 2.45) is 5.11 Å². The van der Waals surface area contributed by atoms with Crippen LogP contribution in [0.15, 0.2) is 29.4 Å². The molecule has 0 aliphatic carbocycles. The highest BCUT2D eigenvalue weighted by molar-refractivity contribution is 5.26. The standard InChI is InChI=1S/C17H25N3O5/c1-22-14-7-5-13(6-8-14)11-23-12-16(15(21)10-19-20-18)25-17-4-2-3-9-24-17/h5-8,15-17,21H,2-4,9-12H2,1H3/t15-,16-,17?/m0/s1. The Labute approximate surface area is 147 Å². The van der Waals surface area contributed by atoms with Crippen molar-refractivity contribution in [2.45, 2.75) is 44.4 Å². The smallest absolute Gasteiger partial charge is 0.158 e. The first-order chi connectivity index (χ1) is 12.2. The number of benzene rings is 1. The predicted octanol–water partition coefficient (Wildman–Crippen LogP) is 2.79. The number of rotatable bonds is 10. The zero-order chi connectivity index (χ0) is 17.9. The summed E-state index contributed by atoms with van der Waals surface area (Å²) in [4.78, 5) is 2.67. The maximum Gasteiger partial charge on any atom is 0.158 e. The molecule has 0 saturated carbocycles. The van der Waals surface area contributed by atoms with Gasteiger partial charge in [-0.25, -0.2) is 0 Å². The molecule has 0 radical (unpaired) electrons. The number of aliphatic hydroxyl groups excluding tert-OH is 1. The van der Waals surface area contributed by atoms with E-state index in [0.29, 0.717) is 13.2 Å². The summed E-state index contributed by atoms with van der Waals surface area (Å²) in [6, 6.07) is 7.54. The lowest BCUT2D eigenvalue weighted by Crippen LogP contribution is -2.40. The average Bonchev–Trinajstić information content (AvgIpc) is 2.66. The zero-order valence-electron chi connectivity index (χ0n) is 14.4. The molecule has 3 atom stereocenters. The van der Waals surface area contributed by atoms with Crippen molar-refractivity contribution >= 4 is 0 Å². The van der Waals surface area contributed by atoms with E-state index in [1.54, 1.807) is 7.11 Å². The second-order valence-corrected chi connectivity index (χ2v) is 5.81. The highest BCUT2D eigenvalue weighted by atomic mass is 16.7. The van der Waals surface area contributed by atoms with Gasteiger partial charge in [-0.3, -0.25) is 0 Å². The molecule has 1 saturated heterocycles. The Morgan fingerprint density at radius 3 is 2.80 bits per heavy atom. The van der Waals surface area contributed by atoms with Gasteiger partial charge in [-0.1, -0.05) is 17.2 Å². The van der Waals surface area contributed by atoms with Crippen LogP contribution in [-0.4, -0.2) is 50.5 Å². The van der Waals surface area contributed by atoms with E-state index in [4.69, 9.17) is 24.5 Å². The van der Waals surface area contributed by atoms with Crippen LogP contribution in [0, 0.1) is 0 Å². The molecule has 1 unspecified atom stereocenters. The molecule has 1 aromatic rings. The van der Waals surface area contributed by atoms with Crippen LogP contribution < -0.4 is 4.74 Å². The summed E-state index contributed by atoms with van der Waals surface area (Å²) in [5.74, 6) is 0.782. The van der Waals surface area contributed by atoms with E-state index < -0.39 is 12.2 Å². The van der Waals surface area contributed by atoms with E-state index in [-0.39, 0.29) is 19.4 Å². The predicted molar refractivity (Wildman–Crippen MR) is 91.1 cm³/mol. The molecule has 1 aliphatic rings. The van der Waals surface area contributed by atoms with Gasteiger partial charge < -0.3 is 24.1 Å². The van der Waals surface area contributed by atoms with E-state index >= 15 is 0 Å². The van der Waals surface area contributed by atoms with Crippen LogP contribution in [0.2, 0.25) is 0 Å². The van der Waals surface area contributed by atoms with Crippen LogP contribution in [-0.2, 0) is 20.8 Å². The average molecular weight is 351 g/mol. The summed E-state index contributed by atoms with van der Waals surface area (Å²) in [6.45, 7) is 1.13. The number of hydrogen-bond acceptors (Lipinski definition) is 6. The molecule has 2 rings (SSSR count). The largest absolute Gasteiger partial charge is 0.497 e. The molecule has 25 heavy (non-hydrogen) atoms. The molecule has 8 nitrogen and oxygen atoms in total. The van der Waals surface area contributed by atoms with Gasteiger partial charge in [0.15, 0.2) is 6.29 Å². The maximum absolute atomic E-state index is 10.2. The number of ether oxygens (including phenoxy) is 4. The van der Waals surface area contributed by atoms with Gasteiger partial charge in [0.25, 0.3) is 0 Å². The van der Waals surface area contributed by atoms with Crippen molar-refractivity contribution in [1.82, 2.24) is 0 Å². The third-order valence-corrected chi connectivity index (χ3v) is 3.94. The fourth-order valence-corrected chi connectivity index (χ4v) is 2.51. The summed E-state index contributed by atoms with van der Waals surface area (Å²) < 4.78 is 22.2. The van der Waals surface area contributed by atoms with Crippen molar-refractivity contribution in [3.63, 3.8) is 0 Å². The highest BCUT2D eigenvalue weighted by Gasteiger charge is 2.25. The molecule has 1 fully saturated rings. The first-order valence-corrected chi connectivity index (χ1v) is 8.39. The normalized spacial score (nSPS) is 19.7. The van der Waals surface area contributed by atoms with Crippen LogP contribution in [0.3, 0.4) is 0 Å². The Hall–Kier alpha value is -1.83. The van der Waals surface area contributed by atoms with Gasteiger partial charge in [-0.05, 0) is 42.5 Å². The van der Waals surface area contributed by atoms with Gasteiger partial charge in [0.1, 0.15) is 11.9 Å². The van der Waals surface area contributed by atoms with Gasteiger partial charge in [0.2, 0.25) is 0 Å². The first kappa shape index (κ1) is 19.5. The first-order valence-electron chi connectivity index (χ1n) is 8.39. The van der Waals surface area contributed by atoms with Crippen molar-refractivity contribution in [1.29, 1.82) is 0 Å². The van der Waals surface area contributed by atoms with Crippen molar-refractivity contribution in [2.75, 3.05) is 26.9 Å². The van der Waals surface area contributed by atoms with E-state index in [1.807, 2.05) is 24.3 Å². The molecule has 0 bridgehead atoms. The second kappa shape index (κ2) is 10.9. The van der Waals surface area contributed by atoms with Crippen molar-refractivity contribution < 1.29 is 24.1 Å². The molecule has 1 N–H and O–H groups in total. The minimum atomic E-state index is -0.947. The van der Waals surface area contributed by atoms with E-state index in [9.17, 15) is 5.11 Å². The van der Waals surface area contributed by atoms with E-state index in [2.05, 4.69) is 10.0 Å². The number of aliphatic hydroxyl groups is 1. The maximum atomic E-state index is 10.2. The molecule has 1 heterocycles. The molecule has 0 aromatic heterocycles. The molecule has 1 aromatic carbocycles. The number of azide groups is 1. The molecule has 0 spiro atoms. The summed E-state index contributed by atoms with van der Waals surface area (Å²) in [7, 11) is 1.62. The quantitative estimate of drug-likeness (QED) is 0.396. The zero-order valence-corrected chi connectivity index (χ0v) is 14.4. The highest BCUT2D eigenvalue weighted by Crippen LogP contribution is 2.18. The molecule has 1 aliphatic heterocycles. The van der Waals surface area contributed by atoms with Gasteiger partial charge in [-0.2, -0.15) is 0 Å². The topological polar surface area (TPSA) is 106 Å². The molecular formula is C17H25N3O5. The molecule has 0 amide bonds. The van der Waals surface area contributed by atoms with Crippen LogP contribution in [0.5, 0.6) is 5.75 Å². The number of methoxy groups -OCH3 is 1. The fourth-order valence-electron chi connectivity index (χ4n) is 2.51. The number of nitrogens with zero attached hydrogens (tertiary/aromatic N) is 3. The second-order valence-electron chi connectivity index (χ2n) is 5.81. The Balaban J connectivity index is 1.85. The summed E-state index contributed by atoms with van der Waals surface area (Å²) in [5, 5.41) is 13.6. The SMILES string of the molecule is COc1ccc(COC[C@H](OC2CCCCO2)[C@@H](O)CN=[N+]=[N-])cc1. The van der Waals surface area contributed by atoms with Crippen LogP contribution in [0.4, 0.5) is 0 Å². The summed E-state index contributed by atoms with van der Waals surface area (Å²) in [6.07, 6.45) is 0.896. The molecular weight excluding hydrogens is 326 g/mol. The van der Waals surface area contributed by atoms with Gasteiger partial charge in [0, 0.05) is 11.5 Å². The number of hydrogen-bond donors (Lipinski definition) is 1. The lowest BCUT2D eigenvalue weighted by Gasteiger charge is -2.29. The molecule has 138 valence electrons. The lowest BCUT2D eigenvalue weighted by atomic mass is 10.2. The monoisotopic (exact) mass is 351 g/mol. The van der Waals surface area contributed by atoms with Crippen molar-refractivity contribution in [3.8, 4) is 5.75 Å². The summed E-state index contributed by atoms with van der Waals surface area (Å²) in [5.41, 5.74) is 9.41. The van der Waals surface area contributed by atoms with Crippen LogP contribution in [0.25, 0.3) is 10.4 Å². The molecule has 8 heteroatoms. The van der Waals surface area contributed by atoms with Gasteiger partial charge >= 0.3 is 0 Å². The third kappa shape index (κ3) is 6.89. The Kier molecular flexibility index (Phi) is 8.51. The van der Waals surface area contributed by atoms with E-state index in [0.717, 1.165) is 30.6 Å². The van der Waals surface area contributed by atoms with E-state index in [1.165, 1.54) is 0 Å².